The maximum Gasteiger partial charge on any atom is 0.239 e. The van der Waals surface area contributed by atoms with Crippen LogP contribution in [0.4, 0.5) is 0 Å². The SMILES string of the molecule is Cc1noc(C2CCCN(C(=O)[C@@H](N)C(C)C)C2)n1.Cl. The van der Waals surface area contributed by atoms with Crippen molar-refractivity contribution in [1.82, 2.24) is 15.0 Å². The van der Waals surface area contributed by atoms with E-state index in [0.717, 1.165) is 19.4 Å². The minimum atomic E-state index is -0.428. The van der Waals surface area contributed by atoms with Gasteiger partial charge in [0.2, 0.25) is 11.8 Å². The summed E-state index contributed by atoms with van der Waals surface area (Å²) >= 11 is 0. The van der Waals surface area contributed by atoms with E-state index >= 15 is 0 Å². The first kappa shape index (κ1) is 16.9. The number of likely N-dealkylation sites (tertiary alicyclic amines) is 1. The molecule has 1 aliphatic rings. The molecule has 0 aromatic carbocycles. The number of nitrogens with two attached hydrogens (primary N) is 1. The molecule has 1 unspecified atom stereocenters. The van der Waals surface area contributed by atoms with Gasteiger partial charge in [-0.25, -0.2) is 0 Å². The van der Waals surface area contributed by atoms with Crippen LogP contribution in [0.2, 0.25) is 0 Å². The van der Waals surface area contributed by atoms with E-state index < -0.39 is 6.04 Å². The number of nitrogens with zero attached hydrogens (tertiary/aromatic N) is 3. The Morgan fingerprint density at radius 3 is 2.75 bits per heavy atom. The van der Waals surface area contributed by atoms with E-state index in [1.807, 2.05) is 18.7 Å². The Labute approximate surface area is 125 Å². The molecule has 0 spiro atoms. The maximum absolute atomic E-state index is 12.3. The first-order chi connectivity index (χ1) is 8.99. The van der Waals surface area contributed by atoms with Gasteiger partial charge in [0, 0.05) is 13.1 Å². The lowest BCUT2D eigenvalue weighted by Crippen LogP contribution is -2.49. The standard InChI is InChI=1S/C13H22N4O2.ClH/c1-8(2)11(14)13(18)17-6-4-5-10(7-17)12-15-9(3)16-19-12;/h8,10-11H,4-7,14H2,1-3H3;1H/t10?,11-;/m0./s1. The first-order valence-electron chi connectivity index (χ1n) is 6.83. The zero-order chi connectivity index (χ0) is 14.0. The Morgan fingerprint density at radius 2 is 2.20 bits per heavy atom. The summed E-state index contributed by atoms with van der Waals surface area (Å²) in [6.45, 7) is 7.12. The van der Waals surface area contributed by atoms with Crippen molar-refractivity contribution in [2.24, 2.45) is 11.7 Å². The fraction of sp³-hybridized carbons (Fsp3) is 0.769. The number of aryl methyl sites for hydroxylation is 1. The van der Waals surface area contributed by atoms with Gasteiger partial charge in [-0.3, -0.25) is 4.79 Å². The van der Waals surface area contributed by atoms with E-state index in [9.17, 15) is 4.79 Å². The highest BCUT2D eigenvalue weighted by molar-refractivity contribution is 5.85. The van der Waals surface area contributed by atoms with Crippen molar-refractivity contribution < 1.29 is 9.32 Å². The number of amides is 1. The minimum Gasteiger partial charge on any atom is -0.341 e. The van der Waals surface area contributed by atoms with E-state index in [-0.39, 0.29) is 30.2 Å². The van der Waals surface area contributed by atoms with Gasteiger partial charge in [0.05, 0.1) is 12.0 Å². The zero-order valence-corrected chi connectivity index (χ0v) is 13.0. The van der Waals surface area contributed by atoms with Crippen molar-refractivity contribution in [3.8, 4) is 0 Å². The van der Waals surface area contributed by atoms with E-state index in [0.29, 0.717) is 18.3 Å². The number of hydrogen-bond acceptors (Lipinski definition) is 5. The van der Waals surface area contributed by atoms with Gasteiger partial charge in [0.25, 0.3) is 0 Å². The van der Waals surface area contributed by atoms with Crippen LogP contribution in [0.25, 0.3) is 0 Å². The van der Waals surface area contributed by atoms with Crippen LogP contribution in [-0.2, 0) is 4.79 Å². The maximum atomic E-state index is 12.3. The van der Waals surface area contributed by atoms with Gasteiger partial charge in [0.15, 0.2) is 5.82 Å². The Morgan fingerprint density at radius 1 is 1.50 bits per heavy atom. The van der Waals surface area contributed by atoms with Crippen LogP contribution in [0.5, 0.6) is 0 Å². The predicted octanol–water partition coefficient (Wildman–Crippen LogP) is 1.49. The molecule has 2 atom stereocenters. The van der Waals surface area contributed by atoms with Gasteiger partial charge < -0.3 is 15.2 Å². The normalized spacial score (nSPS) is 20.6. The minimum absolute atomic E-state index is 0. The smallest absolute Gasteiger partial charge is 0.239 e. The molecule has 1 amide bonds. The number of hydrogen-bond donors (Lipinski definition) is 1. The van der Waals surface area contributed by atoms with Crippen LogP contribution in [0.3, 0.4) is 0 Å². The summed E-state index contributed by atoms with van der Waals surface area (Å²) in [5.41, 5.74) is 5.94. The highest BCUT2D eigenvalue weighted by atomic mass is 35.5. The van der Waals surface area contributed by atoms with Gasteiger partial charge in [-0.15, -0.1) is 12.4 Å². The number of rotatable bonds is 3. The first-order valence-corrected chi connectivity index (χ1v) is 6.83. The van der Waals surface area contributed by atoms with Gasteiger partial charge in [0.1, 0.15) is 0 Å². The average molecular weight is 303 g/mol. The molecule has 1 saturated heterocycles. The largest absolute Gasteiger partial charge is 0.341 e. The molecule has 1 aliphatic heterocycles. The summed E-state index contributed by atoms with van der Waals surface area (Å²) in [7, 11) is 0. The van der Waals surface area contributed by atoms with Gasteiger partial charge >= 0.3 is 0 Å². The highest BCUT2D eigenvalue weighted by Crippen LogP contribution is 2.26. The molecule has 20 heavy (non-hydrogen) atoms. The number of carbonyl (C=O) groups is 1. The number of aromatic nitrogens is 2. The van der Waals surface area contributed by atoms with Crippen molar-refractivity contribution in [2.45, 2.75) is 45.6 Å². The fourth-order valence-electron chi connectivity index (χ4n) is 2.35. The second kappa shape index (κ2) is 7.04. The molecule has 1 aromatic heterocycles. The molecule has 114 valence electrons. The summed E-state index contributed by atoms with van der Waals surface area (Å²) in [5.74, 6) is 1.58. The predicted molar refractivity (Wildman–Crippen MR) is 77.7 cm³/mol. The molecule has 0 radical (unpaired) electrons. The quantitative estimate of drug-likeness (QED) is 0.914. The number of halogens is 1. The summed E-state index contributed by atoms with van der Waals surface area (Å²) in [5, 5.41) is 3.81. The molecule has 1 aromatic rings. The average Bonchev–Trinajstić information content (AvgIpc) is 2.84. The fourth-order valence-corrected chi connectivity index (χ4v) is 2.35. The molecule has 0 aliphatic carbocycles. The lowest BCUT2D eigenvalue weighted by molar-refractivity contribution is -0.134. The topological polar surface area (TPSA) is 85.2 Å². The van der Waals surface area contributed by atoms with Gasteiger partial charge in [-0.1, -0.05) is 19.0 Å². The van der Waals surface area contributed by atoms with Crippen molar-refractivity contribution >= 4 is 18.3 Å². The van der Waals surface area contributed by atoms with Crippen LogP contribution in [-0.4, -0.2) is 40.1 Å². The molecule has 6 nitrogen and oxygen atoms in total. The Kier molecular flexibility index (Phi) is 5.95. The summed E-state index contributed by atoms with van der Waals surface area (Å²) < 4.78 is 5.21. The van der Waals surface area contributed by atoms with Gasteiger partial charge in [-0.05, 0) is 25.7 Å². The van der Waals surface area contributed by atoms with E-state index in [1.165, 1.54) is 0 Å². The van der Waals surface area contributed by atoms with E-state index in [1.54, 1.807) is 6.92 Å². The van der Waals surface area contributed by atoms with Crippen molar-refractivity contribution in [2.75, 3.05) is 13.1 Å². The Bertz CT molecular complexity index is 449. The molecule has 7 heteroatoms. The molecule has 1 fully saturated rings. The molecular weight excluding hydrogens is 280 g/mol. The van der Waals surface area contributed by atoms with Crippen molar-refractivity contribution in [3.05, 3.63) is 11.7 Å². The third-order valence-corrected chi connectivity index (χ3v) is 3.63. The summed E-state index contributed by atoms with van der Waals surface area (Å²) in [6, 6.07) is -0.428. The summed E-state index contributed by atoms with van der Waals surface area (Å²) in [4.78, 5) is 18.3. The Balaban J connectivity index is 0.00000200. The number of piperidine rings is 1. The molecule has 0 saturated carbocycles. The molecule has 2 rings (SSSR count). The molecule has 0 bridgehead atoms. The molecular formula is C13H23ClN4O2. The van der Waals surface area contributed by atoms with Crippen molar-refractivity contribution in [3.63, 3.8) is 0 Å². The lowest BCUT2D eigenvalue weighted by atomic mass is 9.96. The molecule has 2 N–H and O–H groups in total. The number of carbonyl (C=O) groups excluding carboxylic acids is 1. The third kappa shape index (κ3) is 3.70. The third-order valence-electron chi connectivity index (χ3n) is 3.63. The highest BCUT2D eigenvalue weighted by Gasteiger charge is 2.31. The second-order valence-electron chi connectivity index (χ2n) is 5.57. The second-order valence-corrected chi connectivity index (χ2v) is 5.57. The summed E-state index contributed by atoms with van der Waals surface area (Å²) in [6.07, 6.45) is 1.92. The van der Waals surface area contributed by atoms with E-state index in [2.05, 4.69) is 10.1 Å². The van der Waals surface area contributed by atoms with Crippen LogP contribution in [0.1, 0.15) is 44.3 Å². The van der Waals surface area contributed by atoms with Crippen LogP contribution in [0.15, 0.2) is 4.52 Å². The monoisotopic (exact) mass is 302 g/mol. The van der Waals surface area contributed by atoms with Crippen LogP contribution in [0, 0.1) is 12.8 Å². The van der Waals surface area contributed by atoms with Gasteiger partial charge in [-0.2, -0.15) is 4.98 Å². The Hall–Kier alpha value is -1.14. The zero-order valence-electron chi connectivity index (χ0n) is 12.2. The van der Waals surface area contributed by atoms with Crippen LogP contribution >= 0.6 is 12.4 Å². The van der Waals surface area contributed by atoms with E-state index in [4.69, 9.17) is 10.3 Å². The lowest BCUT2D eigenvalue weighted by Gasteiger charge is -2.33. The van der Waals surface area contributed by atoms with Crippen molar-refractivity contribution in [1.29, 1.82) is 0 Å². The van der Waals surface area contributed by atoms with Crippen LogP contribution < -0.4 is 5.73 Å². The molecule has 2 heterocycles.